The lowest BCUT2D eigenvalue weighted by atomic mass is 10.1. The zero-order chi connectivity index (χ0) is 15.7. The fourth-order valence-corrected chi connectivity index (χ4v) is 5.29. The van der Waals surface area contributed by atoms with Crippen LogP contribution in [0.5, 0.6) is 23.0 Å². The summed E-state index contributed by atoms with van der Waals surface area (Å²) in [5.74, 6) is -1.79. The number of hydrogen-bond acceptors (Lipinski definition) is 8. The predicted octanol–water partition coefficient (Wildman–Crippen LogP) is 2.11. The molecular formula is C8H12N3O7P3. The van der Waals surface area contributed by atoms with Crippen LogP contribution in [0, 0.1) is 0 Å². The van der Waals surface area contributed by atoms with Crippen LogP contribution in [-0.2, 0) is 6.42 Å². The average molecular weight is 355 g/mol. The van der Waals surface area contributed by atoms with Gasteiger partial charge in [0, 0.05) is 11.6 Å². The van der Waals surface area contributed by atoms with E-state index in [9.17, 15) is 30.6 Å². The molecule has 21 heavy (non-hydrogen) atoms. The van der Waals surface area contributed by atoms with Crippen LogP contribution in [-0.4, -0.2) is 43.6 Å². The fourth-order valence-electron chi connectivity index (χ4n) is 1.51. The average Bonchev–Trinajstić information content (AvgIpc) is 2.46. The molecule has 13 heteroatoms. The second-order valence-electron chi connectivity index (χ2n) is 3.75. The van der Waals surface area contributed by atoms with Crippen molar-refractivity contribution in [2.45, 2.75) is 13.3 Å². The number of phenolic OH excluding ortho intramolecular Hbond substituents is 3. The van der Waals surface area contributed by atoms with Gasteiger partial charge in [-0.15, -0.1) is 13.0 Å². The first-order valence-electron chi connectivity index (χ1n) is 5.50. The quantitative estimate of drug-likeness (QED) is 0.361. The number of aromatic nitrogens is 3. The molecule has 0 amide bonds. The van der Waals surface area contributed by atoms with Gasteiger partial charge in [-0.3, -0.25) is 10.4 Å². The summed E-state index contributed by atoms with van der Waals surface area (Å²) in [7, 11) is -4.45. The van der Waals surface area contributed by atoms with Crippen LogP contribution < -0.4 is 4.52 Å². The molecule has 1 aromatic heterocycles. The zero-order valence-corrected chi connectivity index (χ0v) is 13.2. The van der Waals surface area contributed by atoms with Crippen molar-refractivity contribution in [1.29, 1.82) is 0 Å². The van der Waals surface area contributed by atoms with Gasteiger partial charge in [-0.05, 0) is 6.42 Å². The van der Waals surface area contributed by atoms with E-state index < -0.39 is 33.4 Å². The van der Waals surface area contributed by atoms with Gasteiger partial charge in [-0.2, -0.15) is 0 Å². The minimum Gasteiger partial charge on any atom is -0.504 e. The molecule has 116 valence electrons. The number of phenols is 3. The van der Waals surface area contributed by atoms with Crippen LogP contribution in [0.1, 0.15) is 12.5 Å². The van der Waals surface area contributed by atoms with Crippen molar-refractivity contribution in [3.63, 3.8) is 0 Å². The molecule has 2 aromatic rings. The minimum absolute atomic E-state index is 0.00389. The van der Waals surface area contributed by atoms with Crippen molar-refractivity contribution in [1.82, 2.24) is 13.0 Å². The molecule has 0 aliphatic rings. The van der Waals surface area contributed by atoms with Crippen molar-refractivity contribution < 1.29 is 35.2 Å². The van der Waals surface area contributed by atoms with E-state index >= 15 is 0 Å². The molecule has 0 saturated carbocycles. The number of rotatable bonds is 3. The number of benzene rings is 1. The van der Waals surface area contributed by atoms with Gasteiger partial charge in [-0.25, -0.2) is 0 Å². The van der Waals surface area contributed by atoms with E-state index in [1.807, 2.05) is 0 Å². The third-order valence-electron chi connectivity index (χ3n) is 2.52. The normalized spacial score (nSPS) is 12.8. The monoisotopic (exact) mass is 355 g/mol. The number of nitrogens with zero attached hydrogens (tertiary/aromatic N) is 3. The van der Waals surface area contributed by atoms with Crippen LogP contribution in [0.25, 0.3) is 0 Å². The Morgan fingerprint density at radius 3 is 2.57 bits per heavy atom. The maximum absolute atomic E-state index is 9.76. The van der Waals surface area contributed by atoms with E-state index in [1.54, 1.807) is 6.92 Å². The summed E-state index contributed by atoms with van der Waals surface area (Å²) in [4.78, 5) is 9.52. The van der Waals surface area contributed by atoms with E-state index in [1.165, 1.54) is 0 Å². The van der Waals surface area contributed by atoms with Crippen molar-refractivity contribution in [2.75, 3.05) is 0 Å². The Morgan fingerprint density at radius 1 is 1.29 bits per heavy atom. The second-order valence-corrected chi connectivity index (χ2v) is 8.02. The summed E-state index contributed by atoms with van der Waals surface area (Å²) in [6.45, 7) is 1.69. The van der Waals surface area contributed by atoms with Gasteiger partial charge < -0.3 is 24.7 Å². The second kappa shape index (κ2) is 6.15. The van der Waals surface area contributed by atoms with Crippen molar-refractivity contribution in [2.24, 2.45) is 0 Å². The van der Waals surface area contributed by atoms with Gasteiger partial charge in [0.05, 0.1) is 0 Å². The lowest BCUT2D eigenvalue weighted by Gasteiger charge is -2.15. The molecule has 0 fully saturated rings. The first kappa shape index (κ1) is 16.0. The molecular weight excluding hydrogens is 343 g/mol. The Bertz CT molecular complexity index is 714. The highest BCUT2D eigenvalue weighted by atomic mass is 31.2. The molecule has 0 aliphatic heterocycles. The van der Waals surface area contributed by atoms with Gasteiger partial charge in [0.2, 0.25) is 13.8 Å². The molecule has 0 radical (unpaired) electrons. The lowest BCUT2D eigenvalue weighted by Crippen LogP contribution is -2.00. The molecule has 2 unspecified atom stereocenters. The summed E-state index contributed by atoms with van der Waals surface area (Å²) >= 11 is 0. The molecule has 0 saturated heterocycles. The molecule has 1 heterocycles. The van der Waals surface area contributed by atoms with Gasteiger partial charge in [-0.1, -0.05) is 6.92 Å². The SMILES string of the molecule is CCc1c(Op2npn(O)p(O)n2O)cc(O)c(O)c1O. The van der Waals surface area contributed by atoms with Crippen molar-refractivity contribution >= 4 is 24.7 Å². The lowest BCUT2D eigenvalue weighted by molar-refractivity contribution is 0.203. The maximum Gasteiger partial charge on any atom is 0.294 e. The Morgan fingerprint density at radius 2 is 1.95 bits per heavy atom. The fraction of sp³-hybridized carbons (Fsp3) is 0.250. The maximum atomic E-state index is 9.76. The van der Waals surface area contributed by atoms with Crippen LogP contribution in [0.2, 0.25) is 0 Å². The Kier molecular flexibility index (Phi) is 4.68. The molecule has 6 N–H and O–H groups in total. The first-order valence-corrected chi connectivity index (χ1v) is 8.66. The minimum atomic E-state index is -2.38. The van der Waals surface area contributed by atoms with Crippen LogP contribution in [0.4, 0.5) is 0 Å². The number of hydrogen-bond donors (Lipinski definition) is 6. The molecule has 2 rings (SSSR count). The van der Waals surface area contributed by atoms with E-state index in [2.05, 4.69) is 4.51 Å². The Balaban J connectivity index is 2.52. The van der Waals surface area contributed by atoms with Gasteiger partial charge in [0.1, 0.15) is 5.75 Å². The van der Waals surface area contributed by atoms with Crippen LogP contribution in [0.3, 0.4) is 0 Å². The van der Waals surface area contributed by atoms with Crippen LogP contribution in [0.15, 0.2) is 6.07 Å². The molecule has 0 aliphatic carbocycles. The highest BCUT2D eigenvalue weighted by Gasteiger charge is 2.19. The summed E-state index contributed by atoms with van der Waals surface area (Å²) in [6, 6.07) is 1.07. The van der Waals surface area contributed by atoms with Gasteiger partial charge >= 0.3 is 0 Å². The largest absolute Gasteiger partial charge is 0.504 e. The van der Waals surface area contributed by atoms with E-state index in [4.69, 9.17) is 4.52 Å². The van der Waals surface area contributed by atoms with Crippen LogP contribution >= 0.6 is 24.7 Å². The first-order chi connectivity index (χ1) is 9.86. The van der Waals surface area contributed by atoms with E-state index in [-0.39, 0.29) is 26.2 Å². The summed E-state index contributed by atoms with van der Waals surface area (Å²) in [5.41, 5.74) is 0.210. The molecule has 2 atom stereocenters. The van der Waals surface area contributed by atoms with Crippen molar-refractivity contribution in [3.8, 4) is 23.0 Å². The topological polar surface area (TPSA) is 153 Å². The summed E-state index contributed by atoms with van der Waals surface area (Å²) in [6.07, 6.45) is 0.279. The number of aromatic hydroxyl groups is 3. The highest BCUT2D eigenvalue weighted by molar-refractivity contribution is 7.55. The molecule has 10 nitrogen and oxygen atoms in total. The predicted molar refractivity (Wildman–Crippen MR) is 74.6 cm³/mol. The van der Waals surface area contributed by atoms with E-state index in [0.29, 0.717) is 8.51 Å². The zero-order valence-electron chi connectivity index (χ0n) is 10.6. The third-order valence-corrected chi connectivity index (χ3v) is 6.58. The smallest absolute Gasteiger partial charge is 0.294 e. The van der Waals surface area contributed by atoms with Gasteiger partial charge in [0.15, 0.2) is 20.0 Å². The Labute approximate surface area is 121 Å². The highest BCUT2D eigenvalue weighted by Crippen LogP contribution is 2.46. The third kappa shape index (κ3) is 2.96. The van der Waals surface area contributed by atoms with Crippen molar-refractivity contribution in [3.05, 3.63) is 11.6 Å². The summed E-state index contributed by atoms with van der Waals surface area (Å²) in [5, 5.41) is 47.6. The molecule has 0 bridgehead atoms. The van der Waals surface area contributed by atoms with Gasteiger partial charge in [0.25, 0.3) is 8.08 Å². The molecule has 0 spiro atoms. The standard InChI is InChI=1S/C8H12N3O7P3/c1-2-4-6(3-5(12)8(14)7(4)13)18-20-9-19-10(15)21(17)11(20)16/h3,12-17H,2H2,1H3. The Hall–Kier alpha value is -1.40. The van der Waals surface area contributed by atoms with E-state index in [0.717, 1.165) is 6.07 Å². The summed E-state index contributed by atoms with van der Waals surface area (Å²) < 4.78 is 9.95. The molecule has 1 aromatic carbocycles.